The van der Waals surface area contributed by atoms with Gasteiger partial charge in [0.05, 0.1) is 22.7 Å². The molecule has 3 atom stereocenters. The Morgan fingerprint density at radius 3 is 2.41 bits per heavy atom. The van der Waals surface area contributed by atoms with E-state index in [1.807, 2.05) is 0 Å². The van der Waals surface area contributed by atoms with Gasteiger partial charge in [-0.15, -0.1) is 5.10 Å². The van der Waals surface area contributed by atoms with E-state index >= 15 is 4.39 Å². The molecule has 1 aliphatic rings. The van der Waals surface area contributed by atoms with Crippen molar-refractivity contribution in [3.05, 3.63) is 90.2 Å². The number of anilines is 1. The average molecular weight is 650 g/mol. The second-order valence-electron chi connectivity index (χ2n) is 11.6. The van der Waals surface area contributed by atoms with Crippen molar-refractivity contribution in [1.29, 1.82) is 0 Å². The molecule has 46 heavy (non-hydrogen) atoms. The average Bonchev–Trinajstić information content (AvgIpc) is 3.70. The molecule has 1 aliphatic heterocycles. The van der Waals surface area contributed by atoms with Crippen LogP contribution in [0.15, 0.2) is 83.8 Å². The molecule has 0 spiro atoms. The zero-order valence-electron chi connectivity index (χ0n) is 25.2. The topological polar surface area (TPSA) is 176 Å². The van der Waals surface area contributed by atoms with Crippen molar-refractivity contribution in [3.8, 4) is 11.4 Å². The molecule has 3 amide bonds. The molecule has 3 N–H and O–H groups in total. The minimum atomic E-state index is -4.21. The highest BCUT2D eigenvalue weighted by atomic mass is 32.2. The van der Waals surface area contributed by atoms with E-state index < -0.39 is 63.0 Å². The molecule has 15 heteroatoms. The molecule has 3 aromatic carbocycles. The summed E-state index contributed by atoms with van der Waals surface area (Å²) < 4.78 is 49.0. The smallest absolute Gasteiger partial charge is 0.329 e. The summed E-state index contributed by atoms with van der Waals surface area (Å²) in [5.74, 6) is -2.04. The van der Waals surface area contributed by atoms with Crippen LogP contribution in [0.2, 0.25) is 0 Å². The number of ether oxygens (including phenoxy) is 1. The molecular formula is C31H32FN7O6S. The molecule has 2 heterocycles. The number of urea groups is 1. The van der Waals surface area contributed by atoms with Crippen molar-refractivity contribution < 1.29 is 31.9 Å². The number of esters is 1. The van der Waals surface area contributed by atoms with Crippen molar-refractivity contribution >= 4 is 33.4 Å². The molecule has 0 bridgehead atoms. The number of aromatic nitrogens is 4. The van der Waals surface area contributed by atoms with Crippen LogP contribution in [0.1, 0.15) is 38.8 Å². The molecule has 0 saturated carbocycles. The second-order valence-corrected chi connectivity index (χ2v) is 13.8. The summed E-state index contributed by atoms with van der Waals surface area (Å²) in [4.78, 5) is 41.3. The highest BCUT2D eigenvalue weighted by molar-refractivity contribution is 7.92. The molecule has 1 aromatic heterocycles. The molecule has 5 rings (SSSR count). The number of carbonyl (C=O) groups is 3. The first kappa shape index (κ1) is 32.2. The van der Waals surface area contributed by atoms with E-state index in [1.165, 1.54) is 30.3 Å². The number of nitrogens with zero attached hydrogens (tertiary/aromatic N) is 4. The summed E-state index contributed by atoms with van der Waals surface area (Å²) in [5, 5.41) is 17.2. The first-order valence-electron chi connectivity index (χ1n) is 14.3. The van der Waals surface area contributed by atoms with Crippen molar-refractivity contribution in [2.75, 3.05) is 11.9 Å². The largest absolute Gasteiger partial charge is 0.458 e. The van der Waals surface area contributed by atoms with Gasteiger partial charge in [0.25, 0.3) is 0 Å². The molecule has 1 saturated heterocycles. The molecule has 1 fully saturated rings. The van der Waals surface area contributed by atoms with Gasteiger partial charge in [-0.1, -0.05) is 48.5 Å². The minimum Gasteiger partial charge on any atom is -0.458 e. The van der Waals surface area contributed by atoms with E-state index in [2.05, 4.69) is 31.3 Å². The molecule has 0 aliphatic carbocycles. The number of hydrogen-bond acceptors (Lipinski definition) is 9. The Bertz CT molecular complexity index is 1830. The van der Waals surface area contributed by atoms with Gasteiger partial charge < -0.3 is 20.3 Å². The summed E-state index contributed by atoms with van der Waals surface area (Å²) in [5.41, 5.74) is -0.0986. The summed E-state index contributed by atoms with van der Waals surface area (Å²) in [6, 6.07) is 16.1. The lowest BCUT2D eigenvalue weighted by molar-refractivity contribution is -0.164. The van der Waals surface area contributed by atoms with Crippen LogP contribution in [-0.2, 0) is 24.2 Å². The van der Waals surface area contributed by atoms with Crippen molar-refractivity contribution in [3.63, 3.8) is 0 Å². The van der Waals surface area contributed by atoms with Crippen LogP contribution in [0, 0.1) is 5.82 Å². The Labute approximate surface area is 264 Å². The number of hydrogen-bond donors (Lipinski definition) is 3. The van der Waals surface area contributed by atoms with Crippen LogP contribution in [0.5, 0.6) is 0 Å². The Morgan fingerprint density at radius 1 is 1.02 bits per heavy atom. The number of tetrazole rings is 1. The Morgan fingerprint density at radius 2 is 1.74 bits per heavy atom. The molecule has 240 valence electrons. The van der Waals surface area contributed by atoms with Crippen LogP contribution in [-0.4, -0.2) is 75.3 Å². The first-order chi connectivity index (χ1) is 21.8. The summed E-state index contributed by atoms with van der Waals surface area (Å²) in [7, 11) is -4.21. The lowest BCUT2D eigenvalue weighted by Crippen LogP contribution is -2.49. The summed E-state index contributed by atoms with van der Waals surface area (Å²) >= 11 is 0. The molecule has 13 nitrogen and oxygen atoms in total. The van der Waals surface area contributed by atoms with Gasteiger partial charge in [0.2, 0.25) is 5.91 Å². The van der Waals surface area contributed by atoms with E-state index in [0.717, 1.165) is 11.0 Å². The van der Waals surface area contributed by atoms with Gasteiger partial charge in [0, 0.05) is 16.8 Å². The number of amides is 3. The molecule has 4 aromatic rings. The molecular weight excluding hydrogens is 617 g/mol. The van der Waals surface area contributed by atoms with E-state index in [9.17, 15) is 22.8 Å². The Kier molecular flexibility index (Phi) is 9.14. The third-order valence-corrected chi connectivity index (χ3v) is 9.42. The summed E-state index contributed by atoms with van der Waals surface area (Å²) in [6.45, 7) is 4.27. The number of carbonyl (C=O) groups excluding carboxylic acids is 3. The fourth-order valence-electron chi connectivity index (χ4n) is 5.34. The number of nitrogens with one attached hydrogen (secondary N) is 3. The maximum absolute atomic E-state index is 15.4. The van der Waals surface area contributed by atoms with Crippen LogP contribution in [0.4, 0.5) is 14.9 Å². The highest BCUT2D eigenvalue weighted by Crippen LogP contribution is 2.44. The number of halogens is 1. The van der Waals surface area contributed by atoms with E-state index in [4.69, 9.17) is 4.74 Å². The van der Waals surface area contributed by atoms with Gasteiger partial charge in [-0.05, 0) is 68.0 Å². The number of rotatable bonds is 8. The minimum absolute atomic E-state index is 0.0422. The normalized spacial score (nSPS) is 18.2. The van der Waals surface area contributed by atoms with Gasteiger partial charge in [-0.2, -0.15) is 0 Å². The van der Waals surface area contributed by atoms with Crippen LogP contribution < -0.4 is 10.6 Å². The number of benzene rings is 3. The van der Waals surface area contributed by atoms with Gasteiger partial charge in [-0.25, -0.2) is 27.5 Å². The predicted octanol–water partition coefficient (Wildman–Crippen LogP) is 3.65. The maximum atomic E-state index is 15.4. The standard InChI is InChI=1S/C31H32FN7O6S/c1-31(2,3)45-29(41)24-17-25(46(43,44)21-12-5-4-6-13-21)27(22-14-7-8-15-23(22)32)39(24)26(40)18-33-30(42)34-20-11-9-10-19(16-20)28-35-37-38-36-28/h4-16,24-25,27H,17-18H2,1-3H3,(H2,33,34,42)(H,35,36,37,38). The SMILES string of the molecule is CC(C)(C)OC(=O)C1CC(S(=O)(=O)c2ccccc2)C(c2ccccc2F)N1C(=O)CNC(=O)Nc1cccc(-c2nnn[nH]2)c1. The van der Waals surface area contributed by atoms with Gasteiger partial charge >= 0.3 is 12.0 Å². The lowest BCUT2D eigenvalue weighted by Gasteiger charge is -2.32. The maximum Gasteiger partial charge on any atom is 0.329 e. The quantitative estimate of drug-likeness (QED) is 0.241. The van der Waals surface area contributed by atoms with Gasteiger partial charge in [0.15, 0.2) is 15.7 Å². The van der Waals surface area contributed by atoms with Crippen LogP contribution >= 0.6 is 0 Å². The van der Waals surface area contributed by atoms with Crippen molar-refractivity contribution in [1.82, 2.24) is 30.8 Å². The van der Waals surface area contributed by atoms with E-state index in [1.54, 1.807) is 63.2 Å². The predicted molar refractivity (Wildman–Crippen MR) is 164 cm³/mol. The van der Waals surface area contributed by atoms with Crippen LogP contribution in [0.25, 0.3) is 11.4 Å². The summed E-state index contributed by atoms with van der Waals surface area (Å²) in [6.07, 6.45) is -0.355. The second kappa shape index (κ2) is 13.0. The number of H-pyrrole nitrogens is 1. The van der Waals surface area contributed by atoms with E-state index in [-0.39, 0.29) is 16.9 Å². The fraction of sp³-hybridized carbons (Fsp3) is 0.290. The zero-order chi connectivity index (χ0) is 33.1. The highest BCUT2D eigenvalue weighted by Gasteiger charge is 2.54. The monoisotopic (exact) mass is 649 g/mol. The fourth-order valence-corrected chi connectivity index (χ4v) is 7.28. The lowest BCUT2D eigenvalue weighted by atomic mass is 10.0. The molecule has 3 unspecified atom stereocenters. The number of sulfone groups is 1. The zero-order valence-corrected chi connectivity index (χ0v) is 26.0. The third kappa shape index (κ3) is 7.04. The van der Waals surface area contributed by atoms with E-state index in [0.29, 0.717) is 17.1 Å². The van der Waals surface area contributed by atoms with Gasteiger partial charge in [0.1, 0.15) is 17.5 Å². The number of likely N-dealkylation sites (tertiary alicyclic amines) is 1. The number of aromatic amines is 1. The first-order valence-corrected chi connectivity index (χ1v) is 15.9. The van der Waals surface area contributed by atoms with Crippen molar-refractivity contribution in [2.24, 2.45) is 0 Å². The Balaban J connectivity index is 1.45. The Hall–Kier alpha value is -5.18. The van der Waals surface area contributed by atoms with Crippen LogP contribution in [0.3, 0.4) is 0 Å². The van der Waals surface area contributed by atoms with Crippen molar-refractivity contribution in [2.45, 2.75) is 55.0 Å². The van der Waals surface area contributed by atoms with Gasteiger partial charge in [-0.3, -0.25) is 4.79 Å². The third-order valence-electron chi connectivity index (χ3n) is 7.24. The molecule has 0 radical (unpaired) electrons.